The summed E-state index contributed by atoms with van der Waals surface area (Å²) in [5.41, 5.74) is 11.4. The second-order valence-electron chi connectivity index (χ2n) is 5.12. The Kier molecular flexibility index (Phi) is 3.80. The highest BCUT2D eigenvalue weighted by Crippen LogP contribution is 2.29. The Hall–Kier alpha value is -2.62. The van der Waals surface area contributed by atoms with Crippen LogP contribution in [0.5, 0.6) is 0 Å². The molecule has 2 rings (SSSR count). The fraction of sp³-hybridized carbons (Fsp3) is 0.176. The topological polar surface area (TPSA) is 76.2 Å². The Balaban J connectivity index is 2.74. The largest absolute Gasteiger partial charge is 0.476 e. The molecule has 0 bridgehead atoms. The number of carboxylic acid groups (broad SMARTS) is 1. The van der Waals surface area contributed by atoms with Crippen molar-refractivity contribution < 1.29 is 9.90 Å². The lowest BCUT2D eigenvalue weighted by Gasteiger charge is -2.12. The number of aromatic carboxylic acids is 1. The molecular weight excluding hydrogens is 264 g/mol. The van der Waals surface area contributed by atoms with E-state index in [-0.39, 0.29) is 5.69 Å². The first-order valence-corrected chi connectivity index (χ1v) is 6.59. The standard InChI is InChI=1S/C17H18N2O2/c1-5-12-14(18)8-15(19-16(12)17(20)21)13-7-10(3)9(2)6-11(13)4/h5-8H,1H2,2-4H3,(H2,18,19)(H,20,21). The van der Waals surface area contributed by atoms with Crippen LogP contribution in [0.3, 0.4) is 0 Å². The third kappa shape index (κ3) is 2.65. The van der Waals surface area contributed by atoms with E-state index in [9.17, 15) is 9.90 Å². The molecule has 0 saturated carbocycles. The summed E-state index contributed by atoms with van der Waals surface area (Å²) >= 11 is 0. The summed E-state index contributed by atoms with van der Waals surface area (Å²) in [6.07, 6.45) is 1.42. The normalized spacial score (nSPS) is 10.4. The molecule has 108 valence electrons. The van der Waals surface area contributed by atoms with E-state index in [0.29, 0.717) is 16.9 Å². The number of aromatic nitrogens is 1. The summed E-state index contributed by atoms with van der Waals surface area (Å²) in [6, 6.07) is 5.76. The lowest BCUT2D eigenvalue weighted by atomic mass is 9.97. The first-order chi connectivity index (χ1) is 9.85. The van der Waals surface area contributed by atoms with Gasteiger partial charge in [-0.25, -0.2) is 9.78 Å². The fourth-order valence-corrected chi connectivity index (χ4v) is 2.33. The van der Waals surface area contributed by atoms with E-state index in [2.05, 4.69) is 17.6 Å². The quantitative estimate of drug-likeness (QED) is 0.901. The SMILES string of the molecule is C=Cc1c(N)cc(-c2cc(C)c(C)cc2C)nc1C(=O)O. The van der Waals surface area contributed by atoms with E-state index in [1.165, 1.54) is 11.6 Å². The van der Waals surface area contributed by atoms with Crippen molar-refractivity contribution in [2.45, 2.75) is 20.8 Å². The number of aryl methyl sites for hydroxylation is 3. The predicted octanol–water partition coefficient (Wildman–Crippen LogP) is 3.60. The van der Waals surface area contributed by atoms with Gasteiger partial charge in [0.1, 0.15) is 0 Å². The summed E-state index contributed by atoms with van der Waals surface area (Å²) in [6.45, 7) is 9.62. The van der Waals surface area contributed by atoms with Crippen LogP contribution in [-0.2, 0) is 0 Å². The molecule has 0 aliphatic heterocycles. The monoisotopic (exact) mass is 282 g/mol. The van der Waals surface area contributed by atoms with E-state index >= 15 is 0 Å². The molecule has 0 unspecified atom stereocenters. The van der Waals surface area contributed by atoms with E-state index in [1.807, 2.05) is 26.8 Å². The zero-order valence-corrected chi connectivity index (χ0v) is 12.4. The lowest BCUT2D eigenvalue weighted by Crippen LogP contribution is -2.08. The van der Waals surface area contributed by atoms with E-state index in [4.69, 9.17) is 5.73 Å². The molecule has 0 aliphatic carbocycles. The number of carbonyl (C=O) groups is 1. The fourth-order valence-electron chi connectivity index (χ4n) is 2.33. The van der Waals surface area contributed by atoms with Gasteiger partial charge in [0.25, 0.3) is 0 Å². The molecule has 4 nitrogen and oxygen atoms in total. The average Bonchev–Trinajstić information content (AvgIpc) is 2.41. The van der Waals surface area contributed by atoms with Gasteiger partial charge in [0.05, 0.1) is 5.69 Å². The number of carboxylic acids is 1. The number of benzene rings is 1. The number of anilines is 1. The summed E-state index contributed by atoms with van der Waals surface area (Å²) in [4.78, 5) is 15.6. The molecule has 1 aromatic carbocycles. The van der Waals surface area contributed by atoms with Gasteiger partial charge in [-0.1, -0.05) is 18.7 Å². The number of nitrogens with two attached hydrogens (primary N) is 1. The number of pyridine rings is 1. The second-order valence-corrected chi connectivity index (χ2v) is 5.12. The van der Waals surface area contributed by atoms with Gasteiger partial charge in [0, 0.05) is 16.8 Å². The van der Waals surface area contributed by atoms with Gasteiger partial charge in [-0.15, -0.1) is 0 Å². The predicted molar refractivity (Wildman–Crippen MR) is 85.3 cm³/mol. The number of hydrogen-bond donors (Lipinski definition) is 2. The molecule has 3 N–H and O–H groups in total. The molecule has 0 atom stereocenters. The Morgan fingerprint density at radius 2 is 1.81 bits per heavy atom. The molecule has 0 fully saturated rings. The van der Waals surface area contributed by atoms with E-state index in [0.717, 1.165) is 16.7 Å². The van der Waals surface area contributed by atoms with Gasteiger partial charge in [-0.3, -0.25) is 0 Å². The Labute approximate surface area is 124 Å². The van der Waals surface area contributed by atoms with Crippen molar-refractivity contribution in [1.29, 1.82) is 0 Å². The molecule has 21 heavy (non-hydrogen) atoms. The van der Waals surface area contributed by atoms with Crippen LogP contribution in [0.4, 0.5) is 5.69 Å². The molecule has 2 aromatic rings. The smallest absolute Gasteiger partial charge is 0.355 e. The number of rotatable bonds is 3. The third-order valence-corrected chi connectivity index (χ3v) is 3.61. The van der Waals surface area contributed by atoms with Crippen molar-refractivity contribution in [3.8, 4) is 11.3 Å². The minimum atomic E-state index is -1.11. The van der Waals surface area contributed by atoms with Crippen LogP contribution < -0.4 is 5.73 Å². The number of nitrogen functional groups attached to an aromatic ring is 1. The van der Waals surface area contributed by atoms with Crippen molar-refractivity contribution >= 4 is 17.7 Å². The number of hydrogen-bond acceptors (Lipinski definition) is 3. The van der Waals surface area contributed by atoms with Crippen LogP contribution in [0.25, 0.3) is 17.3 Å². The van der Waals surface area contributed by atoms with Crippen molar-refractivity contribution in [3.05, 3.63) is 52.7 Å². The van der Waals surface area contributed by atoms with Crippen LogP contribution in [0.2, 0.25) is 0 Å². The van der Waals surface area contributed by atoms with Crippen LogP contribution in [0.15, 0.2) is 24.8 Å². The third-order valence-electron chi connectivity index (χ3n) is 3.61. The summed E-state index contributed by atoms with van der Waals surface area (Å²) in [5.74, 6) is -1.11. The van der Waals surface area contributed by atoms with Crippen molar-refractivity contribution in [1.82, 2.24) is 4.98 Å². The van der Waals surface area contributed by atoms with Crippen molar-refractivity contribution in [3.63, 3.8) is 0 Å². The minimum absolute atomic E-state index is 0.0716. The molecule has 0 amide bonds. The van der Waals surface area contributed by atoms with Gasteiger partial charge in [0.2, 0.25) is 0 Å². The van der Waals surface area contributed by atoms with Gasteiger partial charge >= 0.3 is 5.97 Å². The molecular formula is C17H18N2O2. The Bertz CT molecular complexity index is 749. The lowest BCUT2D eigenvalue weighted by molar-refractivity contribution is 0.0690. The highest BCUT2D eigenvalue weighted by molar-refractivity contribution is 5.93. The first-order valence-electron chi connectivity index (χ1n) is 6.59. The molecule has 0 saturated heterocycles. The zero-order chi connectivity index (χ0) is 15.7. The van der Waals surface area contributed by atoms with Crippen LogP contribution in [-0.4, -0.2) is 16.1 Å². The van der Waals surface area contributed by atoms with Crippen LogP contribution in [0.1, 0.15) is 32.7 Å². The van der Waals surface area contributed by atoms with Gasteiger partial charge in [0.15, 0.2) is 5.69 Å². The molecule has 1 heterocycles. The maximum Gasteiger partial charge on any atom is 0.355 e. The summed E-state index contributed by atoms with van der Waals surface area (Å²) < 4.78 is 0. The molecule has 4 heteroatoms. The highest BCUT2D eigenvalue weighted by Gasteiger charge is 2.16. The van der Waals surface area contributed by atoms with Crippen molar-refractivity contribution in [2.75, 3.05) is 5.73 Å². The maximum atomic E-state index is 11.4. The van der Waals surface area contributed by atoms with E-state index in [1.54, 1.807) is 6.07 Å². The van der Waals surface area contributed by atoms with E-state index < -0.39 is 5.97 Å². The molecule has 1 aromatic heterocycles. The summed E-state index contributed by atoms with van der Waals surface area (Å²) in [5, 5.41) is 9.29. The second kappa shape index (κ2) is 5.40. The summed E-state index contributed by atoms with van der Waals surface area (Å²) in [7, 11) is 0. The maximum absolute atomic E-state index is 11.4. The Morgan fingerprint density at radius 1 is 1.19 bits per heavy atom. The van der Waals surface area contributed by atoms with Crippen LogP contribution >= 0.6 is 0 Å². The minimum Gasteiger partial charge on any atom is -0.476 e. The van der Waals surface area contributed by atoms with Gasteiger partial charge < -0.3 is 10.8 Å². The van der Waals surface area contributed by atoms with Gasteiger partial charge in [-0.05, 0) is 49.6 Å². The van der Waals surface area contributed by atoms with Crippen molar-refractivity contribution in [2.24, 2.45) is 0 Å². The van der Waals surface area contributed by atoms with Gasteiger partial charge in [-0.2, -0.15) is 0 Å². The molecule has 0 radical (unpaired) electrons. The highest BCUT2D eigenvalue weighted by atomic mass is 16.4. The average molecular weight is 282 g/mol. The van der Waals surface area contributed by atoms with Crippen LogP contribution in [0, 0.1) is 20.8 Å². The zero-order valence-electron chi connectivity index (χ0n) is 12.4. The Morgan fingerprint density at radius 3 is 2.38 bits per heavy atom. The molecule has 0 aliphatic rings. The number of nitrogens with zero attached hydrogens (tertiary/aromatic N) is 1. The molecule has 0 spiro atoms. The first kappa shape index (κ1) is 14.8.